The van der Waals surface area contributed by atoms with Gasteiger partial charge in [-0.15, -0.1) is 12.4 Å². The first-order valence-corrected chi connectivity index (χ1v) is 10.6. The number of benzene rings is 1. The van der Waals surface area contributed by atoms with Gasteiger partial charge in [0.2, 0.25) is 5.91 Å². The fraction of sp³-hybridized carbons (Fsp3) is 0.636. The molecule has 1 aliphatic carbocycles. The Bertz CT molecular complexity index is 623. The second-order valence-electron chi connectivity index (χ2n) is 7.88. The maximum Gasteiger partial charge on any atom is 0.254 e. The molecule has 28 heavy (non-hydrogen) atoms. The number of halogens is 1. The second kappa shape index (κ2) is 11.4. The fourth-order valence-electron chi connectivity index (χ4n) is 4.26. The van der Waals surface area contributed by atoms with E-state index in [0.717, 1.165) is 62.9 Å². The predicted octanol–water partition coefficient (Wildman–Crippen LogP) is 3.52. The van der Waals surface area contributed by atoms with Crippen molar-refractivity contribution in [2.75, 3.05) is 19.6 Å². The second-order valence-corrected chi connectivity index (χ2v) is 7.88. The van der Waals surface area contributed by atoms with Gasteiger partial charge in [-0.1, -0.05) is 31.9 Å². The van der Waals surface area contributed by atoms with Crippen LogP contribution in [0.5, 0.6) is 0 Å². The largest absolute Gasteiger partial charge is 0.352 e. The summed E-state index contributed by atoms with van der Waals surface area (Å²) in [7, 11) is 0. The summed E-state index contributed by atoms with van der Waals surface area (Å²) >= 11 is 0. The van der Waals surface area contributed by atoms with Crippen LogP contribution >= 0.6 is 12.4 Å². The maximum absolute atomic E-state index is 13.0. The number of carbonyl (C=O) groups is 2. The molecule has 2 fully saturated rings. The van der Waals surface area contributed by atoms with Crippen molar-refractivity contribution >= 4 is 24.2 Å². The van der Waals surface area contributed by atoms with Crippen LogP contribution < -0.4 is 10.6 Å². The Kier molecular flexibility index (Phi) is 9.26. The molecular weight excluding hydrogens is 374 g/mol. The highest BCUT2D eigenvalue weighted by atomic mass is 35.5. The highest BCUT2D eigenvalue weighted by Gasteiger charge is 2.25. The van der Waals surface area contributed by atoms with Gasteiger partial charge in [0.05, 0.1) is 0 Å². The Labute approximate surface area is 175 Å². The van der Waals surface area contributed by atoms with E-state index in [1.54, 1.807) is 0 Å². The summed E-state index contributed by atoms with van der Waals surface area (Å²) in [4.78, 5) is 27.2. The van der Waals surface area contributed by atoms with Crippen LogP contribution in [0.25, 0.3) is 0 Å². The van der Waals surface area contributed by atoms with Crippen molar-refractivity contribution < 1.29 is 9.59 Å². The lowest BCUT2D eigenvalue weighted by atomic mass is 10.0. The van der Waals surface area contributed by atoms with E-state index in [4.69, 9.17) is 0 Å². The molecule has 5 nitrogen and oxygen atoms in total. The molecule has 0 atom stereocenters. The average Bonchev–Trinajstić information content (AvgIpc) is 3.26. The van der Waals surface area contributed by atoms with Crippen LogP contribution in [-0.4, -0.2) is 42.4 Å². The first-order chi connectivity index (χ1) is 13.2. The molecule has 3 rings (SSSR count). The van der Waals surface area contributed by atoms with E-state index in [1.807, 2.05) is 24.3 Å². The first-order valence-electron chi connectivity index (χ1n) is 10.6. The molecule has 1 aromatic rings. The molecule has 6 heteroatoms. The Hall–Kier alpha value is -1.59. The first kappa shape index (κ1) is 22.7. The third-order valence-corrected chi connectivity index (χ3v) is 5.87. The van der Waals surface area contributed by atoms with Crippen molar-refractivity contribution in [3.8, 4) is 0 Å². The van der Waals surface area contributed by atoms with E-state index in [-0.39, 0.29) is 30.1 Å². The standard InChI is InChI=1S/C22H33N3O2.ClH/c1-2-15-25(20-11-13-23-14-12-20)22(27)19-9-7-17(8-10-19)16-24-21(26)18-5-3-4-6-18;/h7-10,18,20,23H,2-6,11-16H2,1H3,(H,24,26);1H. The number of amides is 2. The van der Waals surface area contributed by atoms with Crippen LogP contribution in [0, 0.1) is 5.92 Å². The Morgan fingerprint density at radius 1 is 1.07 bits per heavy atom. The zero-order valence-corrected chi connectivity index (χ0v) is 17.7. The number of hydrogen-bond acceptors (Lipinski definition) is 3. The lowest BCUT2D eigenvalue weighted by Gasteiger charge is -2.34. The number of nitrogens with zero attached hydrogens (tertiary/aromatic N) is 1. The van der Waals surface area contributed by atoms with Gasteiger partial charge in [-0.05, 0) is 62.9 Å². The fourth-order valence-corrected chi connectivity index (χ4v) is 4.26. The van der Waals surface area contributed by atoms with Gasteiger partial charge in [-0.3, -0.25) is 9.59 Å². The minimum atomic E-state index is 0. The van der Waals surface area contributed by atoms with Crippen molar-refractivity contribution in [3.63, 3.8) is 0 Å². The summed E-state index contributed by atoms with van der Waals surface area (Å²) in [5.74, 6) is 0.497. The van der Waals surface area contributed by atoms with E-state index in [1.165, 1.54) is 12.8 Å². The Balaban J connectivity index is 0.00000280. The topological polar surface area (TPSA) is 61.4 Å². The average molecular weight is 408 g/mol. The zero-order valence-electron chi connectivity index (χ0n) is 16.9. The number of nitrogens with one attached hydrogen (secondary N) is 2. The summed E-state index contributed by atoms with van der Waals surface area (Å²) in [6.07, 6.45) is 7.39. The summed E-state index contributed by atoms with van der Waals surface area (Å²) in [5, 5.41) is 6.41. The highest BCUT2D eigenvalue weighted by molar-refractivity contribution is 5.94. The molecule has 2 aliphatic rings. The molecular formula is C22H34ClN3O2. The van der Waals surface area contributed by atoms with Crippen molar-refractivity contribution in [2.24, 2.45) is 5.92 Å². The van der Waals surface area contributed by atoms with E-state index < -0.39 is 0 Å². The molecule has 0 spiro atoms. The minimum absolute atomic E-state index is 0. The van der Waals surface area contributed by atoms with Crippen molar-refractivity contribution in [1.82, 2.24) is 15.5 Å². The van der Waals surface area contributed by atoms with Gasteiger partial charge in [0, 0.05) is 30.6 Å². The van der Waals surface area contributed by atoms with Crippen LogP contribution in [0.15, 0.2) is 24.3 Å². The number of hydrogen-bond donors (Lipinski definition) is 2. The van der Waals surface area contributed by atoms with E-state index >= 15 is 0 Å². The van der Waals surface area contributed by atoms with Crippen molar-refractivity contribution in [3.05, 3.63) is 35.4 Å². The monoisotopic (exact) mass is 407 g/mol. The molecule has 1 saturated heterocycles. The van der Waals surface area contributed by atoms with Crippen LogP contribution in [0.3, 0.4) is 0 Å². The number of carbonyl (C=O) groups excluding carboxylic acids is 2. The molecule has 0 aromatic heterocycles. The molecule has 0 bridgehead atoms. The molecule has 156 valence electrons. The molecule has 1 saturated carbocycles. The maximum atomic E-state index is 13.0. The lowest BCUT2D eigenvalue weighted by Crippen LogP contribution is -2.46. The molecule has 1 aromatic carbocycles. The SMILES string of the molecule is CCCN(C(=O)c1ccc(CNC(=O)C2CCCC2)cc1)C1CCNCC1.Cl. The van der Waals surface area contributed by atoms with E-state index in [9.17, 15) is 9.59 Å². The molecule has 2 N–H and O–H groups in total. The third kappa shape index (κ3) is 5.95. The van der Waals surface area contributed by atoms with E-state index in [2.05, 4.69) is 22.5 Å². The van der Waals surface area contributed by atoms with Crippen molar-refractivity contribution in [2.45, 2.75) is 64.5 Å². The summed E-state index contributed by atoms with van der Waals surface area (Å²) in [6, 6.07) is 8.08. The van der Waals surface area contributed by atoms with Crippen LogP contribution in [-0.2, 0) is 11.3 Å². The third-order valence-electron chi connectivity index (χ3n) is 5.87. The Morgan fingerprint density at radius 2 is 1.71 bits per heavy atom. The van der Waals surface area contributed by atoms with Crippen LogP contribution in [0.2, 0.25) is 0 Å². The minimum Gasteiger partial charge on any atom is -0.352 e. The number of piperidine rings is 1. The van der Waals surface area contributed by atoms with Gasteiger partial charge in [0.1, 0.15) is 0 Å². The quantitative estimate of drug-likeness (QED) is 0.726. The van der Waals surface area contributed by atoms with Gasteiger partial charge in [-0.2, -0.15) is 0 Å². The molecule has 1 aliphatic heterocycles. The lowest BCUT2D eigenvalue weighted by molar-refractivity contribution is -0.124. The van der Waals surface area contributed by atoms with Crippen LogP contribution in [0.4, 0.5) is 0 Å². The highest BCUT2D eigenvalue weighted by Crippen LogP contribution is 2.24. The van der Waals surface area contributed by atoms with Gasteiger partial charge in [-0.25, -0.2) is 0 Å². The smallest absolute Gasteiger partial charge is 0.254 e. The van der Waals surface area contributed by atoms with Crippen LogP contribution in [0.1, 0.15) is 67.8 Å². The molecule has 0 unspecified atom stereocenters. The molecule has 0 radical (unpaired) electrons. The predicted molar refractivity (Wildman–Crippen MR) is 115 cm³/mol. The Morgan fingerprint density at radius 3 is 2.32 bits per heavy atom. The zero-order chi connectivity index (χ0) is 19.1. The number of rotatable bonds is 7. The van der Waals surface area contributed by atoms with Gasteiger partial charge in [0.25, 0.3) is 5.91 Å². The van der Waals surface area contributed by atoms with Gasteiger partial charge >= 0.3 is 0 Å². The molecule has 2 amide bonds. The van der Waals surface area contributed by atoms with Crippen molar-refractivity contribution in [1.29, 1.82) is 0 Å². The summed E-state index contributed by atoms with van der Waals surface area (Å²) in [5.41, 5.74) is 1.79. The summed E-state index contributed by atoms with van der Waals surface area (Å²) < 4.78 is 0. The van der Waals surface area contributed by atoms with Gasteiger partial charge < -0.3 is 15.5 Å². The van der Waals surface area contributed by atoms with E-state index in [0.29, 0.717) is 12.6 Å². The summed E-state index contributed by atoms with van der Waals surface area (Å²) in [6.45, 7) is 5.44. The van der Waals surface area contributed by atoms with Gasteiger partial charge in [0.15, 0.2) is 0 Å². The normalized spacial score (nSPS) is 17.8. The molecule has 1 heterocycles.